The van der Waals surface area contributed by atoms with Crippen LogP contribution < -0.4 is 5.73 Å². The first kappa shape index (κ1) is 12.2. The van der Waals surface area contributed by atoms with E-state index in [1.165, 1.54) is 0 Å². The average molecular weight is 326 g/mol. The van der Waals surface area contributed by atoms with Crippen LogP contribution in [0.3, 0.4) is 0 Å². The lowest BCUT2D eigenvalue weighted by Gasteiger charge is -2.23. The van der Waals surface area contributed by atoms with Crippen LogP contribution in [-0.2, 0) is 0 Å². The minimum atomic E-state index is 0.141. The van der Waals surface area contributed by atoms with E-state index in [0.717, 1.165) is 21.4 Å². The lowest BCUT2D eigenvalue weighted by atomic mass is 10.2. The summed E-state index contributed by atoms with van der Waals surface area (Å²) >= 11 is 6.70. The largest absolute Gasteiger partial charge is 0.451 e. The second kappa shape index (κ2) is 5.30. The summed E-state index contributed by atoms with van der Waals surface area (Å²) in [7, 11) is 2.03. The standard InChI is InChI=1S/C9H14Br2N2O/c1-3-13(2)7(5-12)8-4-6(10)9(11)14-8/h4,7H,3,5,12H2,1-2H3. The summed E-state index contributed by atoms with van der Waals surface area (Å²) in [6.07, 6.45) is 0. The molecule has 1 aromatic heterocycles. The van der Waals surface area contributed by atoms with Crippen molar-refractivity contribution in [1.82, 2.24) is 4.90 Å². The van der Waals surface area contributed by atoms with Crippen LogP contribution in [0.2, 0.25) is 0 Å². The van der Waals surface area contributed by atoms with Crippen molar-refractivity contribution >= 4 is 31.9 Å². The van der Waals surface area contributed by atoms with Gasteiger partial charge in [-0.05, 0) is 51.5 Å². The minimum absolute atomic E-state index is 0.141. The Kier molecular flexibility index (Phi) is 4.63. The summed E-state index contributed by atoms with van der Waals surface area (Å²) in [5.41, 5.74) is 5.71. The van der Waals surface area contributed by atoms with Gasteiger partial charge in [-0.25, -0.2) is 0 Å². The average Bonchev–Trinajstić information content (AvgIpc) is 2.48. The first-order valence-corrected chi connectivity index (χ1v) is 6.03. The van der Waals surface area contributed by atoms with E-state index in [2.05, 4.69) is 43.7 Å². The number of halogens is 2. The Morgan fingerprint density at radius 3 is 2.57 bits per heavy atom. The Bertz CT molecular complexity index is 282. The third-order valence-electron chi connectivity index (χ3n) is 2.25. The fraction of sp³-hybridized carbons (Fsp3) is 0.556. The third kappa shape index (κ3) is 2.59. The van der Waals surface area contributed by atoms with Gasteiger partial charge in [0.25, 0.3) is 0 Å². The van der Waals surface area contributed by atoms with Gasteiger partial charge in [-0.1, -0.05) is 6.92 Å². The molecule has 5 heteroatoms. The molecule has 80 valence electrons. The molecule has 1 rings (SSSR count). The minimum Gasteiger partial charge on any atom is -0.451 e. The van der Waals surface area contributed by atoms with E-state index in [-0.39, 0.29) is 6.04 Å². The Hall–Kier alpha value is 0.160. The van der Waals surface area contributed by atoms with Crippen molar-refractivity contribution in [2.45, 2.75) is 13.0 Å². The molecule has 0 saturated carbocycles. The molecule has 1 atom stereocenters. The Morgan fingerprint density at radius 2 is 2.21 bits per heavy atom. The second-order valence-corrected chi connectivity index (χ2v) is 4.67. The van der Waals surface area contributed by atoms with Crippen molar-refractivity contribution in [2.75, 3.05) is 20.1 Å². The highest BCUT2D eigenvalue weighted by atomic mass is 79.9. The molecule has 1 heterocycles. The Labute approximate surface area is 101 Å². The van der Waals surface area contributed by atoms with Crippen molar-refractivity contribution in [2.24, 2.45) is 5.73 Å². The number of likely N-dealkylation sites (N-methyl/N-ethyl adjacent to an activating group) is 1. The SMILES string of the molecule is CCN(C)C(CN)c1cc(Br)c(Br)o1. The summed E-state index contributed by atoms with van der Waals surface area (Å²) < 4.78 is 7.18. The number of hydrogen-bond donors (Lipinski definition) is 1. The first-order valence-electron chi connectivity index (χ1n) is 4.45. The summed E-state index contributed by atoms with van der Waals surface area (Å²) in [4.78, 5) is 2.15. The molecule has 2 N–H and O–H groups in total. The van der Waals surface area contributed by atoms with E-state index in [1.54, 1.807) is 0 Å². The van der Waals surface area contributed by atoms with Crippen molar-refractivity contribution in [1.29, 1.82) is 0 Å². The van der Waals surface area contributed by atoms with Gasteiger partial charge in [-0.2, -0.15) is 0 Å². The summed E-state index contributed by atoms with van der Waals surface area (Å²) in [6, 6.07) is 2.09. The number of hydrogen-bond acceptors (Lipinski definition) is 3. The topological polar surface area (TPSA) is 42.4 Å². The maximum Gasteiger partial charge on any atom is 0.183 e. The predicted octanol–water partition coefficient (Wildman–Crippen LogP) is 2.76. The molecule has 0 aliphatic carbocycles. The molecule has 0 aromatic carbocycles. The summed E-state index contributed by atoms with van der Waals surface area (Å²) in [6.45, 7) is 3.59. The molecule has 0 fully saturated rings. The van der Waals surface area contributed by atoms with Crippen LogP contribution in [0.1, 0.15) is 18.7 Å². The van der Waals surface area contributed by atoms with Gasteiger partial charge in [-0.3, -0.25) is 4.90 Å². The molecule has 0 spiro atoms. The Balaban J connectivity index is 2.89. The zero-order valence-corrected chi connectivity index (χ0v) is 11.4. The molecule has 0 bridgehead atoms. The molecular weight excluding hydrogens is 312 g/mol. The monoisotopic (exact) mass is 324 g/mol. The van der Waals surface area contributed by atoms with Crippen LogP contribution >= 0.6 is 31.9 Å². The van der Waals surface area contributed by atoms with Crippen LogP contribution in [0.25, 0.3) is 0 Å². The highest BCUT2D eigenvalue weighted by Crippen LogP contribution is 2.31. The predicted molar refractivity (Wildman–Crippen MR) is 64.2 cm³/mol. The van der Waals surface area contributed by atoms with E-state index in [9.17, 15) is 0 Å². The lowest BCUT2D eigenvalue weighted by molar-refractivity contribution is 0.229. The molecule has 14 heavy (non-hydrogen) atoms. The zero-order valence-electron chi connectivity index (χ0n) is 8.26. The second-order valence-electron chi connectivity index (χ2n) is 3.10. The van der Waals surface area contributed by atoms with E-state index in [1.807, 2.05) is 13.1 Å². The molecule has 0 amide bonds. The Morgan fingerprint density at radius 1 is 1.57 bits per heavy atom. The van der Waals surface area contributed by atoms with Gasteiger partial charge in [0.2, 0.25) is 0 Å². The molecule has 3 nitrogen and oxygen atoms in total. The summed E-state index contributed by atoms with van der Waals surface area (Å²) in [5, 5.41) is 0. The highest BCUT2D eigenvalue weighted by molar-refractivity contribution is 9.13. The molecule has 0 saturated heterocycles. The molecule has 1 aromatic rings. The highest BCUT2D eigenvalue weighted by Gasteiger charge is 2.19. The summed E-state index contributed by atoms with van der Waals surface area (Å²) in [5.74, 6) is 0.885. The first-order chi connectivity index (χ1) is 6.60. The fourth-order valence-corrected chi connectivity index (χ4v) is 1.87. The van der Waals surface area contributed by atoms with Gasteiger partial charge in [-0.15, -0.1) is 0 Å². The van der Waals surface area contributed by atoms with Gasteiger partial charge in [0.05, 0.1) is 10.5 Å². The van der Waals surface area contributed by atoms with Gasteiger partial charge in [0.15, 0.2) is 4.67 Å². The van der Waals surface area contributed by atoms with Crippen LogP contribution in [0.15, 0.2) is 19.6 Å². The quantitative estimate of drug-likeness (QED) is 0.925. The molecule has 1 unspecified atom stereocenters. The van der Waals surface area contributed by atoms with Gasteiger partial charge in [0.1, 0.15) is 5.76 Å². The molecular formula is C9H14Br2N2O. The maximum atomic E-state index is 5.71. The maximum absolute atomic E-state index is 5.71. The smallest absolute Gasteiger partial charge is 0.183 e. The van der Waals surface area contributed by atoms with E-state index in [0.29, 0.717) is 6.54 Å². The van der Waals surface area contributed by atoms with Crippen LogP contribution in [0, 0.1) is 0 Å². The van der Waals surface area contributed by atoms with Crippen LogP contribution in [0.5, 0.6) is 0 Å². The number of rotatable bonds is 4. The van der Waals surface area contributed by atoms with Crippen LogP contribution in [0.4, 0.5) is 0 Å². The van der Waals surface area contributed by atoms with E-state index >= 15 is 0 Å². The van der Waals surface area contributed by atoms with E-state index < -0.39 is 0 Å². The fourth-order valence-electron chi connectivity index (χ4n) is 1.26. The van der Waals surface area contributed by atoms with Crippen molar-refractivity contribution in [3.8, 4) is 0 Å². The third-order valence-corrected chi connectivity index (χ3v) is 3.96. The van der Waals surface area contributed by atoms with E-state index in [4.69, 9.17) is 10.2 Å². The van der Waals surface area contributed by atoms with Crippen molar-refractivity contribution in [3.05, 3.63) is 21.0 Å². The van der Waals surface area contributed by atoms with Crippen LogP contribution in [-0.4, -0.2) is 25.0 Å². The molecule has 0 aliphatic rings. The van der Waals surface area contributed by atoms with Crippen molar-refractivity contribution < 1.29 is 4.42 Å². The van der Waals surface area contributed by atoms with Gasteiger partial charge < -0.3 is 10.2 Å². The lowest BCUT2D eigenvalue weighted by Crippen LogP contribution is -2.29. The number of nitrogens with two attached hydrogens (primary N) is 1. The molecule has 0 radical (unpaired) electrons. The van der Waals surface area contributed by atoms with Crippen molar-refractivity contribution in [3.63, 3.8) is 0 Å². The molecule has 0 aliphatic heterocycles. The zero-order chi connectivity index (χ0) is 10.7. The van der Waals surface area contributed by atoms with Gasteiger partial charge in [0, 0.05) is 6.54 Å². The number of furan rings is 1. The normalized spacial score (nSPS) is 13.6. The van der Waals surface area contributed by atoms with Gasteiger partial charge >= 0.3 is 0 Å². The number of nitrogens with zero attached hydrogens (tertiary/aromatic N) is 1.